The first kappa shape index (κ1) is 20.4. The highest BCUT2D eigenvalue weighted by Crippen LogP contribution is 2.41. The van der Waals surface area contributed by atoms with Gasteiger partial charge in [0, 0.05) is 24.7 Å². The molecule has 1 amide bonds. The number of carbonyl (C=O) groups is 2. The summed E-state index contributed by atoms with van der Waals surface area (Å²) in [5.74, 6) is -0.735. The van der Waals surface area contributed by atoms with Crippen LogP contribution in [0.15, 0.2) is 41.2 Å². The number of carbonyl (C=O) groups excluding carboxylic acids is 1. The smallest absolute Gasteiger partial charge is 0.335 e. The van der Waals surface area contributed by atoms with Crippen molar-refractivity contribution in [3.05, 3.63) is 53.5 Å². The molecule has 1 aromatic carbocycles. The molecule has 2 heterocycles. The third-order valence-corrected chi connectivity index (χ3v) is 6.03. The van der Waals surface area contributed by atoms with Crippen molar-refractivity contribution >= 4 is 18.0 Å². The van der Waals surface area contributed by atoms with Gasteiger partial charge in [-0.25, -0.2) is 4.79 Å². The van der Waals surface area contributed by atoms with E-state index in [0.717, 1.165) is 47.9 Å². The van der Waals surface area contributed by atoms with Gasteiger partial charge in [0.25, 0.3) is 0 Å². The first-order chi connectivity index (χ1) is 14.6. The zero-order valence-electron chi connectivity index (χ0n) is 17.0. The van der Waals surface area contributed by atoms with Gasteiger partial charge in [-0.1, -0.05) is 19.3 Å². The third-order valence-electron chi connectivity index (χ3n) is 6.03. The van der Waals surface area contributed by atoms with E-state index < -0.39 is 5.97 Å². The molecule has 6 heteroatoms. The predicted molar refractivity (Wildman–Crippen MR) is 113 cm³/mol. The molecule has 4 rings (SSSR count). The number of hydrogen-bond donors (Lipinski definition) is 1. The van der Waals surface area contributed by atoms with E-state index in [0.29, 0.717) is 32.2 Å². The number of hydrogen-bond acceptors (Lipinski definition) is 4. The highest BCUT2D eigenvalue weighted by molar-refractivity contribution is 5.96. The number of furan rings is 1. The second-order valence-corrected chi connectivity index (χ2v) is 7.95. The van der Waals surface area contributed by atoms with Gasteiger partial charge in [-0.05, 0) is 59.7 Å². The quantitative estimate of drug-likeness (QED) is 0.732. The fraction of sp³-hybridized carbons (Fsp3) is 0.417. The number of amides is 1. The van der Waals surface area contributed by atoms with E-state index in [1.807, 2.05) is 12.1 Å². The first-order valence-electron chi connectivity index (χ1n) is 10.6. The molecule has 0 atom stereocenters. The van der Waals surface area contributed by atoms with E-state index in [2.05, 4.69) is 0 Å². The molecule has 2 aliphatic rings. The van der Waals surface area contributed by atoms with Crippen molar-refractivity contribution in [1.82, 2.24) is 4.90 Å². The highest BCUT2D eigenvalue weighted by Gasteiger charge is 2.24. The molecule has 1 saturated heterocycles. The maximum Gasteiger partial charge on any atom is 0.335 e. The zero-order valence-corrected chi connectivity index (χ0v) is 17.0. The second kappa shape index (κ2) is 9.30. The van der Waals surface area contributed by atoms with Crippen LogP contribution in [0.3, 0.4) is 0 Å². The fourth-order valence-electron chi connectivity index (χ4n) is 4.47. The van der Waals surface area contributed by atoms with Gasteiger partial charge in [0.2, 0.25) is 5.91 Å². The fourth-order valence-corrected chi connectivity index (χ4v) is 4.47. The summed E-state index contributed by atoms with van der Waals surface area (Å²) in [7, 11) is 0. The van der Waals surface area contributed by atoms with Crippen LogP contribution in [0.25, 0.3) is 17.2 Å². The zero-order chi connectivity index (χ0) is 20.9. The van der Waals surface area contributed by atoms with E-state index in [-0.39, 0.29) is 11.5 Å². The van der Waals surface area contributed by atoms with Crippen LogP contribution in [0.4, 0.5) is 0 Å². The van der Waals surface area contributed by atoms with Crippen molar-refractivity contribution in [3.8, 4) is 11.1 Å². The molecule has 1 N–H and O–H groups in total. The third kappa shape index (κ3) is 4.49. The van der Waals surface area contributed by atoms with Gasteiger partial charge in [0.1, 0.15) is 0 Å². The van der Waals surface area contributed by atoms with Crippen LogP contribution in [0.5, 0.6) is 0 Å². The molecular formula is C24H27NO5. The van der Waals surface area contributed by atoms with Gasteiger partial charge in [0.15, 0.2) is 0 Å². The Hall–Kier alpha value is -2.86. The Labute approximate surface area is 176 Å². The topological polar surface area (TPSA) is 80.0 Å². The minimum atomic E-state index is -0.958. The van der Waals surface area contributed by atoms with Crippen molar-refractivity contribution in [2.75, 3.05) is 26.3 Å². The lowest BCUT2D eigenvalue weighted by atomic mass is 9.79. The molecule has 1 aliphatic carbocycles. The predicted octanol–water partition coefficient (Wildman–Crippen LogP) is 4.56. The van der Waals surface area contributed by atoms with Crippen LogP contribution >= 0.6 is 0 Å². The Morgan fingerprint density at radius 3 is 2.53 bits per heavy atom. The number of aromatic carboxylic acids is 1. The van der Waals surface area contributed by atoms with Gasteiger partial charge in [0.05, 0.1) is 31.3 Å². The summed E-state index contributed by atoms with van der Waals surface area (Å²) >= 11 is 0. The maximum atomic E-state index is 12.6. The number of carboxylic acid groups (broad SMARTS) is 1. The minimum absolute atomic E-state index is 0.0867. The van der Waals surface area contributed by atoms with Crippen molar-refractivity contribution in [2.24, 2.45) is 0 Å². The molecule has 30 heavy (non-hydrogen) atoms. The monoisotopic (exact) mass is 409 g/mol. The Kier molecular flexibility index (Phi) is 6.33. The molecule has 0 unspecified atom stereocenters. The molecular weight excluding hydrogens is 382 g/mol. The van der Waals surface area contributed by atoms with Crippen LogP contribution < -0.4 is 0 Å². The molecule has 0 bridgehead atoms. The van der Waals surface area contributed by atoms with Crippen LogP contribution in [-0.4, -0.2) is 48.2 Å². The number of nitrogens with zero attached hydrogens (tertiary/aromatic N) is 1. The van der Waals surface area contributed by atoms with Crippen LogP contribution in [-0.2, 0) is 9.53 Å². The lowest BCUT2D eigenvalue weighted by molar-refractivity contribution is -0.129. The van der Waals surface area contributed by atoms with Crippen molar-refractivity contribution in [3.63, 3.8) is 0 Å². The minimum Gasteiger partial charge on any atom is -0.478 e. The normalized spacial score (nSPS) is 18.1. The maximum absolute atomic E-state index is 12.6. The Morgan fingerprint density at radius 2 is 1.87 bits per heavy atom. The van der Waals surface area contributed by atoms with Gasteiger partial charge in [-0.2, -0.15) is 0 Å². The summed E-state index contributed by atoms with van der Waals surface area (Å²) in [6.45, 7) is 2.22. The van der Waals surface area contributed by atoms with E-state index in [1.54, 1.807) is 35.6 Å². The number of benzene rings is 1. The molecule has 158 valence electrons. The second-order valence-electron chi connectivity index (χ2n) is 7.95. The first-order valence-corrected chi connectivity index (χ1v) is 10.6. The van der Waals surface area contributed by atoms with E-state index in [4.69, 9.17) is 9.15 Å². The molecule has 1 aromatic heterocycles. The summed E-state index contributed by atoms with van der Waals surface area (Å²) in [5, 5.41) is 9.70. The standard InChI is InChI=1S/C24H27NO5/c26-22(25-9-12-29-13-10-25)7-6-18-14-20(24(27)28)15-21(17-4-2-1-3-5-17)23(18)19-8-11-30-16-19/h6-8,11,14-17H,1-5,9-10,12-13H2,(H,27,28)/b7-6+. The van der Waals surface area contributed by atoms with Gasteiger partial charge in [-0.15, -0.1) is 0 Å². The molecule has 2 aromatic rings. The summed E-state index contributed by atoms with van der Waals surface area (Å²) in [6, 6.07) is 5.35. The van der Waals surface area contributed by atoms with E-state index in [1.165, 1.54) is 6.42 Å². The molecule has 1 saturated carbocycles. The lowest BCUT2D eigenvalue weighted by Gasteiger charge is -2.26. The van der Waals surface area contributed by atoms with E-state index >= 15 is 0 Å². The number of carboxylic acids is 1. The summed E-state index contributed by atoms with van der Waals surface area (Å²) in [5.41, 5.74) is 3.90. The van der Waals surface area contributed by atoms with Crippen molar-refractivity contribution in [2.45, 2.75) is 38.0 Å². The Bertz CT molecular complexity index is 919. The number of ether oxygens (including phenoxy) is 1. The van der Waals surface area contributed by atoms with Crippen molar-refractivity contribution < 1.29 is 23.8 Å². The lowest BCUT2D eigenvalue weighted by Crippen LogP contribution is -2.39. The average Bonchev–Trinajstić information content (AvgIpc) is 3.32. The van der Waals surface area contributed by atoms with Crippen LogP contribution in [0.2, 0.25) is 0 Å². The van der Waals surface area contributed by atoms with Gasteiger partial charge >= 0.3 is 5.97 Å². The molecule has 1 aliphatic heterocycles. The summed E-state index contributed by atoms with van der Waals surface area (Å²) < 4.78 is 10.6. The number of morpholine rings is 1. The van der Waals surface area contributed by atoms with E-state index in [9.17, 15) is 14.7 Å². The largest absolute Gasteiger partial charge is 0.478 e. The van der Waals surface area contributed by atoms with Crippen LogP contribution in [0.1, 0.15) is 59.5 Å². The van der Waals surface area contributed by atoms with Crippen molar-refractivity contribution in [1.29, 1.82) is 0 Å². The summed E-state index contributed by atoms with van der Waals surface area (Å²) in [4.78, 5) is 26.2. The van der Waals surface area contributed by atoms with Crippen LogP contribution in [0, 0.1) is 0 Å². The molecule has 0 spiro atoms. The summed E-state index contributed by atoms with van der Waals surface area (Å²) in [6.07, 6.45) is 12.2. The number of rotatable bonds is 5. The SMILES string of the molecule is O=C(O)c1cc(/C=C/C(=O)N2CCOCC2)c(-c2ccoc2)c(C2CCCCC2)c1. The molecule has 0 radical (unpaired) electrons. The van der Waals surface area contributed by atoms with Gasteiger partial charge < -0.3 is 19.2 Å². The Morgan fingerprint density at radius 1 is 1.10 bits per heavy atom. The Balaban J connectivity index is 1.77. The highest BCUT2D eigenvalue weighted by atomic mass is 16.5. The molecule has 6 nitrogen and oxygen atoms in total. The average molecular weight is 409 g/mol. The van der Waals surface area contributed by atoms with Gasteiger partial charge in [-0.3, -0.25) is 4.79 Å². The molecule has 2 fully saturated rings.